The Morgan fingerprint density at radius 2 is 2.10 bits per heavy atom. The third-order valence-electron chi connectivity index (χ3n) is 3.23. The number of halogens is 1. The fourth-order valence-corrected chi connectivity index (χ4v) is 2.34. The minimum Gasteiger partial charge on any atom is -0.486 e. The number of amides is 1. The Bertz CT molecular complexity index is 464. The Labute approximate surface area is 128 Å². The lowest BCUT2D eigenvalue weighted by molar-refractivity contribution is 0.0951. The molecule has 1 unspecified atom stereocenters. The van der Waals surface area contributed by atoms with Gasteiger partial charge >= 0.3 is 0 Å². The molecule has 0 bridgehead atoms. The molecule has 0 fully saturated rings. The van der Waals surface area contributed by atoms with Crippen LogP contribution in [0.2, 0.25) is 0 Å². The molecule has 2 rings (SSSR count). The van der Waals surface area contributed by atoms with Gasteiger partial charge in [-0.05, 0) is 37.0 Å². The monoisotopic (exact) mass is 341 g/mol. The molecule has 1 atom stereocenters. The molecule has 0 saturated heterocycles. The van der Waals surface area contributed by atoms with Gasteiger partial charge in [0.05, 0.1) is 0 Å². The van der Waals surface area contributed by atoms with Gasteiger partial charge in [-0.2, -0.15) is 0 Å². The van der Waals surface area contributed by atoms with E-state index in [2.05, 4.69) is 28.2 Å². The topological polar surface area (TPSA) is 47.6 Å². The van der Waals surface area contributed by atoms with Crippen molar-refractivity contribution in [3.8, 4) is 11.5 Å². The predicted octanol–water partition coefficient (Wildman–Crippen LogP) is 3.00. The van der Waals surface area contributed by atoms with Gasteiger partial charge in [-0.3, -0.25) is 4.79 Å². The van der Waals surface area contributed by atoms with E-state index in [1.807, 2.05) is 0 Å². The molecule has 1 N–H and O–H groups in total. The number of hydrogen-bond acceptors (Lipinski definition) is 3. The van der Waals surface area contributed by atoms with Gasteiger partial charge in [0.1, 0.15) is 13.2 Å². The lowest BCUT2D eigenvalue weighted by Crippen LogP contribution is -2.25. The van der Waals surface area contributed by atoms with E-state index in [9.17, 15) is 4.79 Å². The summed E-state index contributed by atoms with van der Waals surface area (Å²) in [4.78, 5) is 12.0. The summed E-state index contributed by atoms with van der Waals surface area (Å²) in [5.74, 6) is 1.94. The minimum absolute atomic E-state index is 0.0616. The van der Waals surface area contributed by atoms with Crippen molar-refractivity contribution < 1.29 is 14.3 Å². The Morgan fingerprint density at radius 3 is 2.85 bits per heavy atom. The van der Waals surface area contributed by atoms with Gasteiger partial charge in [0, 0.05) is 17.4 Å². The molecule has 1 aromatic rings. The van der Waals surface area contributed by atoms with E-state index in [0.717, 1.165) is 18.2 Å². The number of ether oxygens (including phenoxy) is 2. The van der Waals surface area contributed by atoms with Crippen molar-refractivity contribution in [3.05, 3.63) is 23.8 Å². The molecular weight excluding hydrogens is 322 g/mol. The Hall–Kier alpha value is -1.23. The van der Waals surface area contributed by atoms with Crippen molar-refractivity contribution in [2.45, 2.75) is 19.8 Å². The molecule has 5 heteroatoms. The molecule has 0 aromatic heterocycles. The van der Waals surface area contributed by atoms with Crippen molar-refractivity contribution in [1.29, 1.82) is 0 Å². The number of benzene rings is 1. The fraction of sp³-hybridized carbons (Fsp3) is 0.533. The Balaban J connectivity index is 1.83. The van der Waals surface area contributed by atoms with E-state index >= 15 is 0 Å². The van der Waals surface area contributed by atoms with Gasteiger partial charge < -0.3 is 14.8 Å². The Kier molecular flexibility index (Phi) is 5.71. The van der Waals surface area contributed by atoms with E-state index in [4.69, 9.17) is 9.47 Å². The highest BCUT2D eigenvalue weighted by molar-refractivity contribution is 9.09. The molecule has 1 heterocycles. The number of alkyl halides is 1. The zero-order chi connectivity index (χ0) is 14.4. The molecule has 1 aliphatic rings. The lowest BCUT2D eigenvalue weighted by Gasteiger charge is -2.18. The number of hydrogen-bond donors (Lipinski definition) is 1. The van der Waals surface area contributed by atoms with E-state index < -0.39 is 0 Å². The van der Waals surface area contributed by atoms with Gasteiger partial charge in [-0.15, -0.1) is 0 Å². The number of carbonyl (C=O) groups excluding carboxylic acids is 1. The Morgan fingerprint density at radius 1 is 1.35 bits per heavy atom. The van der Waals surface area contributed by atoms with Crippen LogP contribution in [0.1, 0.15) is 30.1 Å². The van der Waals surface area contributed by atoms with Crippen LogP contribution in [-0.2, 0) is 0 Å². The predicted molar refractivity (Wildman–Crippen MR) is 82.0 cm³/mol. The molecular formula is C15H20BrNO3. The van der Waals surface area contributed by atoms with E-state index in [1.165, 1.54) is 0 Å². The van der Waals surface area contributed by atoms with Gasteiger partial charge in [-0.1, -0.05) is 22.9 Å². The van der Waals surface area contributed by atoms with Crippen LogP contribution < -0.4 is 14.8 Å². The van der Waals surface area contributed by atoms with Crippen LogP contribution >= 0.6 is 15.9 Å². The molecule has 0 spiro atoms. The third kappa shape index (κ3) is 4.13. The highest BCUT2D eigenvalue weighted by Gasteiger charge is 2.14. The summed E-state index contributed by atoms with van der Waals surface area (Å²) in [5.41, 5.74) is 0.614. The molecule has 0 aliphatic carbocycles. The van der Waals surface area contributed by atoms with Gasteiger partial charge in [0.2, 0.25) is 0 Å². The smallest absolute Gasteiger partial charge is 0.251 e. The second-order valence-corrected chi connectivity index (χ2v) is 5.66. The molecule has 1 aliphatic heterocycles. The average Bonchev–Trinajstić information content (AvgIpc) is 2.50. The van der Waals surface area contributed by atoms with Crippen molar-refractivity contribution in [3.63, 3.8) is 0 Å². The normalized spacial score (nSPS) is 14.7. The first-order valence-corrected chi connectivity index (χ1v) is 8.06. The van der Waals surface area contributed by atoms with Crippen LogP contribution in [0, 0.1) is 5.92 Å². The summed E-state index contributed by atoms with van der Waals surface area (Å²) >= 11 is 3.45. The molecule has 0 radical (unpaired) electrons. The van der Waals surface area contributed by atoms with Crippen LogP contribution in [0.25, 0.3) is 0 Å². The van der Waals surface area contributed by atoms with E-state index in [0.29, 0.717) is 42.7 Å². The third-order valence-corrected chi connectivity index (χ3v) is 4.33. The highest BCUT2D eigenvalue weighted by Crippen LogP contribution is 2.30. The van der Waals surface area contributed by atoms with Gasteiger partial charge in [0.15, 0.2) is 11.5 Å². The summed E-state index contributed by atoms with van der Waals surface area (Å²) < 4.78 is 10.9. The maximum absolute atomic E-state index is 12.0. The van der Waals surface area contributed by atoms with E-state index in [1.54, 1.807) is 18.2 Å². The average molecular weight is 342 g/mol. The largest absolute Gasteiger partial charge is 0.486 e. The summed E-state index contributed by atoms with van der Waals surface area (Å²) in [6.07, 6.45) is 2.09. The summed E-state index contributed by atoms with van der Waals surface area (Å²) in [5, 5.41) is 3.94. The van der Waals surface area contributed by atoms with Crippen LogP contribution in [0.15, 0.2) is 18.2 Å². The number of fused-ring (bicyclic) bond motifs is 1. The second kappa shape index (κ2) is 7.53. The summed E-state index contributed by atoms with van der Waals surface area (Å²) in [7, 11) is 0. The molecule has 1 amide bonds. The standard InChI is InChI=1S/C15H20BrNO3/c1-11(10-16)3-2-6-17-15(18)12-4-5-13-14(9-12)20-8-7-19-13/h4-5,9,11H,2-3,6-8,10H2,1H3,(H,17,18). The summed E-state index contributed by atoms with van der Waals surface area (Å²) in [6.45, 7) is 3.98. The van der Waals surface area contributed by atoms with Crippen LogP contribution in [-0.4, -0.2) is 31.0 Å². The van der Waals surface area contributed by atoms with Crippen LogP contribution in [0.5, 0.6) is 11.5 Å². The first-order valence-electron chi connectivity index (χ1n) is 6.94. The minimum atomic E-state index is -0.0616. The number of carbonyl (C=O) groups is 1. The quantitative estimate of drug-likeness (QED) is 0.639. The fourth-order valence-electron chi connectivity index (χ4n) is 2.02. The second-order valence-electron chi connectivity index (χ2n) is 5.02. The number of rotatable bonds is 6. The van der Waals surface area contributed by atoms with Crippen LogP contribution in [0.4, 0.5) is 0 Å². The zero-order valence-corrected chi connectivity index (χ0v) is 13.2. The van der Waals surface area contributed by atoms with Gasteiger partial charge in [-0.25, -0.2) is 0 Å². The SMILES string of the molecule is CC(CBr)CCCNC(=O)c1ccc2c(c1)OCCO2. The maximum Gasteiger partial charge on any atom is 0.251 e. The zero-order valence-electron chi connectivity index (χ0n) is 11.7. The van der Waals surface area contributed by atoms with Crippen LogP contribution in [0.3, 0.4) is 0 Å². The van der Waals surface area contributed by atoms with Crippen molar-refractivity contribution >= 4 is 21.8 Å². The summed E-state index contributed by atoms with van der Waals surface area (Å²) in [6, 6.07) is 5.30. The molecule has 4 nitrogen and oxygen atoms in total. The van der Waals surface area contributed by atoms with Crippen molar-refractivity contribution in [1.82, 2.24) is 5.32 Å². The van der Waals surface area contributed by atoms with Crippen molar-refractivity contribution in [2.75, 3.05) is 25.1 Å². The first kappa shape index (κ1) is 15.2. The molecule has 1 aromatic carbocycles. The number of nitrogens with one attached hydrogen (secondary N) is 1. The lowest BCUT2D eigenvalue weighted by atomic mass is 10.1. The molecule has 110 valence electrons. The highest BCUT2D eigenvalue weighted by atomic mass is 79.9. The van der Waals surface area contributed by atoms with Gasteiger partial charge in [0.25, 0.3) is 5.91 Å². The van der Waals surface area contributed by atoms with E-state index in [-0.39, 0.29) is 5.91 Å². The molecule has 0 saturated carbocycles. The first-order chi connectivity index (χ1) is 9.70. The van der Waals surface area contributed by atoms with Crippen molar-refractivity contribution in [2.24, 2.45) is 5.92 Å². The maximum atomic E-state index is 12.0. The molecule has 20 heavy (non-hydrogen) atoms.